The van der Waals surface area contributed by atoms with E-state index in [2.05, 4.69) is 17.3 Å². The van der Waals surface area contributed by atoms with Crippen molar-refractivity contribution in [3.63, 3.8) is 0 Å². The maximum absolute atomic E-state index is 13.8. The highest BCUT2D eigenvalue weighted by atomic mass is 19.4. The van der Waals surface area contributed by atoms with Gasteiger partial charge in [0.05, 0.1) is 47.0 Å². The van der Waals surface area contributed by atoms with Gasteiger partial charge in [-0.05, 0) is 80.2 Å². The summed E-state index contributed by atoms with van der Waals surface area (Å²) in [6, 6.07) is 1.06. The van der Waals surface area contributed by atoms with E-state index in [0.29, 0.717) is 58.9 Å². The van der Waals surface area contributed by atoms with Crippen molar-refractivity contribution in [2.75, 3.05) is 7.11 Å². The van der Waals surface area contributed by atoms with E-state index in [9.17, 15) is 23.1 Å². The number of methoxy groups -OCH3 is 1. The number of hydrogen-bond donors (Lipinski definition) is 2. The van der Waals surface area contributed by atoms with Crippen molar-refractivity contribution in [1.82, 2.24) is 15.1 Å². The number of fused-ring (bicyclic) bond motifs is 5. The summed E-state index contributed by atoms with van der Waals surface area (Å²) >= 11 is 0. The first-order valence-corrected chi connectivity index (χ1v) is 16.4. The summed E-state index contributed by atoms with van der Waals surface area (Å²) in [5, 5.41) is 18.7. The van der Waals surface area contributed by atoms with E-state index in [1.807, 2.05) is 45.9 Å². The number of allylic oxidation sites excluding steroid dienone is 12. The van der Waals surface area contributed by atoms with Crippen LogP contribution in [0.15, 0.2) is 107 Å². The molecular formula is C37H37F3N6O3. The summed E-state index contributed by atoms with van der Waals surface area (Å²) in [5.41, 5.74) is 10.6. The fourth-order valence-electron chi connectivity index (χ4n) is 7.64. The van der Waals surface area contributed by atoms with E-state index in [4.69, 9.17) is 19.7 Å². The van der Waals surface area contributed by atoms with E-state index in [1.54, 1.807) is 0 Å². The average Bonchev–Trinajstić information content (AvgIpc) is 3.86. The molecule has 1 aromatic heterocycles. The van der Waals surface area contributed by atoms with Crippen LogP contribution < -0.4 is 5.32 Å². The monoisotopic (exact) mass is 670 g/mol. The zero-order valence-corrected chi connectivity index (χ0v) is 28.4. The van der Waals surface area contributed by atoms with Gasteiger partial charge in [-0.1, -0.05) is 13.8 Å². The zero-order valence-electron chi connectivity index (χ0n) is 28.4. The Labute approximate surface area is 282 Å². The molecule has 1 fully saturated rings. The molecule has 0 saturated carbocycles. The molecule has 6 aliphatic rings. The van der Waals surface area contributed by atoms with E-state index in [-0.39, 0.29) is 35.7 Å². The average molecular weight is 671 g/mol. The molecule has 49 heavy (non-hydrogen) atoms. The molecule has 0 amide bonds. The van der Waals surface area contributed by atoms with Crippen LogP contribution in [0.5, 0.6) is 0 Å². The summed E-state index contributed by atoms with van der Waals surface area (Å²) in [4.78, 5) is 27.4. The first-order valence-electron chi connectivity index (χ1n) is 16.4. The minimum atomic E-state index is -4.61. The lowest BCUT2D eigenvalue weighted by atomic mass is 9.86. The molecule has 1 aliphatic carbocycles. The molecule has 7 rings (SSSR count). The molecule has 5 aliphatic heterocycles. The third kappa shape index (κ3) is 5.19. The number of nitrogens with zero attached hydrogens (tertiary/aromatic N) is 5. The molecule has 0 spiro atoms. The SMILES string of the molecule is CCC1=C(C)C2=NC1=CC1=C(C)C3=C(O)CC(=C4NC(=CC5=NC(=C2)C(c2cc(C(F)(F)F)nn2C)=C5C)[C@@H](C)[C@@H]4CCC(=O)OC)C3=N1. The Hall–Kier alpha value is -5.00. The Bertz CT molecular complexity index is 2110. The van der Waals surface area contributed by atoms with Gasteiger partial charge in [-0.3, -0.25) is 9.48 Å². The Morgan fingerprint density at radius 2 is 1.76 bits per heavy atom. The second kappa shape index (κ2) is 11.6. The van der Waals surface area contributed by atoms with Crippen molar-refractivity contribution in [3.8, 4) is 0 Å². The number of ether oxygens (including phenoxy) is 1. The van der Waals surface area contributed by atoms with Gasteiger partial charge in [0.2, 0.25) is 0 Å². The quantitative estimate of drug-likeness (QED) is 0.315. The molecule has 12 heteroatoms. The number of aliphatic imine (C=N–C) groups is 3. The van der Waals surface area contributed by atoms with Crippen molar-refractivity contribution in [1.29, 1.82) is 0 Å². The van der Waals surface area contributed by atoms with Crippen LogP contribution in [0.3, 0.4) is 0 Å². The molecule has 2 N–H and O–H groups in total. The summed E-state index contributed by atoms with van der Waals surface area (Å²) in [6.07, 6.45) is 2.79. The third-order valence-electron chi connectivity index (χ3n) is 10.4. The Balaban J connectivity index is 1.48. The first-order chi connectivity index (χ1) is 23.2. The van der Waals surface area contributed by atoms with Gasteiger partial charge in [0.25, 0.3) is 0 Å². The Morgan fingerprint density at radius 3 is 2.43 bits per heavy atom. The molecule has 2 atom stereocenters. The number of alkyl halides is 3. The van der Waals surface area contributed by atoms with E-state index in [0.717, 1.165) is 51.0 Å². The predicted molar refractivity (Wildman–Crippen MR) is 181 cm³/mol. The minimum Gasteiger partial charge on any atom is -0.511 e. The second-order valence-electron chi connectivity index (χ2n) is 13.1. The maximum atomic E-state index is 13.8. The van der Waals surface area contributed by atoms with E-state index >= 15 is 0 Å². The van der Waals surface area contributed by atoms with Crippen LogP contribution in [0.25, 0.3) is 5.57 Å². The van der Waals surface area contributed by atoms with E-state index in [1.165, 1.54) is 18.8 Å². The maximum Gasteiger partial charge on any atom is 0.435 e. The molecule has 8 bridgehead atoms. The van der Waals surface area contributed by atoms with Gasteiger partial charge in [-0.15, -0.1) is 0 Å². The minimum absolute atomic E-state index is 0.0927. The van der Waals surface area contributed by atoms with Gasteiger partial charge in [0.1, 0.15) is 5.76 Å². The summed E-state index contributed by atoms with van der Waals surface area (Å²) < 4.78 is 47.6. The van der Waals surface area contributed by atoms with Crippen molar-refractivity contribution in [3.05, 3.63) is 103 Å². The molecule has 0 aromatic carbocycles. The molecule has 0 unspecified atom stereocenters. The molecule has 0 radical (unpaired) electrons. The number of halogens is 3. The first kappa shape index (κ1) is 32.5. The van der Waals surface area contributed by atoms with Crippen LogP contribution in [0.1, 0.15) is 71.7 Å². The van der Waals surface area contributed by atoms with Crippen LogP contribution in [-0.2, 0) is 22.8 Å². The smallest absolute Gasteiger partial charge is 0.435 e. The molecule has 6 heterocycles. The van der Waals surface area contributed by atoms with Crippen molar-refractivity contribution in [2.45, 2.75) is 66.5 Å². The van der Waals surface area contributed by atoms with Gasteiger partial charge < -0.3 is 15.2 Å². The van der Waals surface area contributed by atoms with Crippen LogP contribution in [0.4, 0.5) is 13.2 Å². The number of aromatic nitrogens is 2. The number of nitrogens with one attached hydrogen (secondary N) is 1. The van der Waals surface area contributed by atoms with Gasteiger partial charge >= 0.3 is 12.1 Å². The number of aliphatic hydroxyl groups excluding tert-OH is 1. The number of carbonyl (C=O) groups is 1. The zero-order chi connectivity index (χ0) is 35.1. The largest absolute Gasteiger partial charge is 0.511 e. The topological polar surface area (TPSA) is 113 Å². The van der Waals surface area contributed by atoms with Crippen molar-refractivity contribution in [2.24, 2.45) is 33.9 Å². The van der Waals surface area contributed by atoms with Gasteiger partial charge in [0, 0.05) is 59.8 Å². The highest BCUT2D eigenvalue weighted by Gasteiger charge is 2.42. The Kier molecular flexibility index (Phi) is 7.68. The van der Waals surface area contributed by atoms with Gasteiger partial charge in [-0.2, -0.15) is 18.3 Å². The lowest BCUT2D eigenvalue weighted by Gasteiger charge is -2.17. The lowest BCUT2D eigenvalue weighted by Crippen LogP contribution is -2.16. The van der Waals surface area contributed by atoms with Crippen LogP contribution in [0.2, 0.25) is 0 Å². The van der Waals surface area contributed by atoms with Crippen molar-refractivity contribution < 1.29 is 27.8 Å². The third-order valence-corrected chi connectivity index (χ3v) is 10.4. The molecule has 1 saturated heterocycles. The number of esters is 1. The standard InChI is InChI=1S/C37H37F3N6O3/c1-8-20-16(2)23-14-28-33(29-15-31(37(38,39)40)45-46(29)6)18(4)25(42-28)12-24-17(3)21(9-10-32(48)49-7)35(43-24)22-11-30(47)34-19(5)26(44-36(22)34)13-27(20)41-23/h12-15,17,21,43,47H,8-11H2,1-7H3/t17-,21-/m0/s1. The molecule has 254 valence electrons. The molecule has 1 aromatic rings. The predicted octanol–water partition coefficient (Wildman–Crippen LogP) is 7.52. The van der Waals surface area contributed by atoms with Crippen LogP contribution in [-0.4, -0.2) is 45.1 Å². The number of carbonyl (C=O) groups excluding carboxylic acids is 1. The fraction of sp³-hybridized carbons (Fsp3) is 0.378. The molecular weight excluding hydrogens is 633 g/mol. The summed E-state index contributed by atoms with van der Waals surface area (Å²) in [5.74, 6) is -0.288. The number of aryl methyl sites for hydroxylation is 1. The number of aliphatic hydroxyl groups is 1. The lowest BCUT2D eigenvalue weighted by molar-refractivity contribution is -0.142. The van der Waals surface area contributed by atoms with E-state index < -0.39 is 11.9 Å². The summed E-state index contributed by atoms with van der Waals surface area (Å²) in [6.45, 7) is 9.90. The van der Waals surface area contributed by atoms with Crippen molar-refractivity contribution >= 4 is 28.7 Å². The van der Waals surface area contributed by atoms with Gasteiger partial charge in [0.15, 0.2) is 5.69 Å². The Morgan fingerprint density at radius 1 is 1.04 bits per heavy atom. The fourth-order valence-corrected chi connectivity index (χ4v) is 7.64. The number of hydrogen-bond acceptors (Lipinski definition) is 8. The molecule has 9 nitrogen and oxygen atoms in total. The highest BCUT2D eigenvalue weighted by molar-refractivity contribution is 6.22. The highest BCUT2D eigenvalue weighted by Crippen LogP contribution is 2.47. The normalized spacial score (nSPS) is 23.3. The van der Waals surface area contributed by atoms with Crippen LogP contribution >= 0.6 is 0 Å². The summed E-state index contributed by atoms with van der Waals surface area (Å²) in [7, 11) is 2.87. The second-order valence-corrected chi connectivity index (χ2v) is 13.1. The van der Waals surface area contributed by atoms with Crippen LogP contribution in [0, 0.1) is 11.8 Å². The van der Waals surface area contributed by atoms with Gasteiger partial charge in [-0.25, -0.2) is 15.0 Å². The number of rotatable bonds is 5.